The second kappa shape index (κ2) is 13.8. The number of hydrogen-bond acceptors (Lipinski definition) is 5. The molecule has 7 nitrogen and oxygen atoms in total. The molecular weight excluding hydrogens is 552 g/mol. The summed E-state index contributed by atoms with van der Waals surface area (Å²) in [6, 6.07) is 16.0. The average molecular weight is 587 g/mol. The van der Waals surface area contributed by atoms with E-state index in [0.717, 1.165) is 17.7 Å². The van der Waals surface area contributed by atoms with Gasteiger partial charge >= 0.3 is 6.18 Å². The molecule has 0 aromatic heterocycles. The Kier molecular flexibility index (Phi) is 10.2. The summed E-state index contributed by atoms with van der Waals surface area (Å²) >= 11 is 0. The minimum absolute atomic E-state index is 0.0176. The number of benzene rings is 3. The van der Waals surface area contributed by atoms with E-state index in [-0.39, 0.29) is 36.7 Å². The fourth-order valence-corrected chi connectivity index (χ4v) is 4.94. The lowest BCUT2D eigenvalue weighted by molar-refractivity contribution is -0.137. The quantitative estimate of drug-likeness (QED) is 0.227. The Morgan fingerprint density at radius 3 is 2.45 bits per heavy atom. The molecule has 3 aromatic rings. The number of anilines is 2. The van der Waals surface area contributed by atoms with Crippen molar-refractivity contribution in [2.45, 2.75) is 51.1 Å². The van der Waals surface area contributed by atoms with Gasteiger partial charge in [-0.3, -0.25) is 9.59 Å². The van der Waals surface area contributed by atoms with Crippen molar-refractivity contribution in [1.29, 1.82) is 0 Å². The molecule has 1 aliphatic rings. The van der Waals surface area contributed by atoms with E-state index in [1.807, 2.05) is 37.3 Å². The fourth-order valence-electron chi connectivity index (χ4n) is 4.94. The van der Waals surface area contributed by atoms with Crippen LogP contribution in [0.4, 0.5) is 28.9 Å². The van der Waals surface area contributed by atoms with Crippen molar-refractivity contribution in [2.75, 3.05) is 29.9 Å². The van der Waals surface area contributed by atoms with Gasteiger partial charge in [-0.05, 0) is 49.1 Å². The van der Waals surface area contributed by atoms with Gasteiger partial charge in [0.15, 0.2) is 5.82 Å². The predicted octanol–water partition coefficient (Wildman–Crippen LogP) is 4.89. The first kappa shape index (κ1) is 31.0. The number of aliphatic hydroxyl groups is 1. The number of halogens is 4. The third-order valence-electron chi connectivity index (χ3n) is 7.06. The lowest BCUT2D eigenvalue weighted by Crippen LogP contribution is -2.49. The van der Waals surface area contributed by atoms with E-state index in [9.17, 15) is 27.9 Å². The first-order valence-corrected chi connectivity index (χ1v) is 13.8. The van der Waals surface area contributed by atoms with Crippen LogP contribution in [0.5, 0.6) is 0 Å². The van der Waals surface area contributed by atoms with E-state index >= 15 is 4.39 Å². The zero-order valence-corrected chi connectivity index (χ0v) is 23.2. The molecule has 0 bridgehead atoms. The molecule has 0 aliphatic carbocycles. The Hall–Kier alpha value is -3.96. The normalized spacial score (nSPS) is 15.0. The number of hydrogen-bond donors (Lipinski definition) is 4. The molecule has 0 spiro atoms. The first-order valence-electron chi connectivity index (χ1n) is 13.8. The summed E-state index contributed by atoms with van der Waals surface area (Å²) in [5.74, 6) is -1.82. The SMILES string of the molecule is CCNc1cc(C(=O)N[C@@H](Cc2ccccc2)[C@@H](O)CNCc2cccc(C(F)(F)F)c2)c(F)c(N2CCCC2=O)c1. The smallest absolute Gasteiger partial charge is 0.390 e. The summed E-state index contributed by atoms with van der Waals surface area (Å²) in [6.07, 6.45) is -4.54. The third-order valence-corrected chi connectivity index (χ3v) is 7.06. The highest BCUT2D eigenvalue weighted by molar-refractivity contribution is 6.00. The van der Waals surface area contributed by atoms with Crippen LogP contribution in [0.25, 0.3) is 0 Å². The molecule has 224 valence electrons. The second-order valence-electron chi connectivity index (χ2n) is 10.2. The van der Waals surface area contributed by atoms with Gasteiger partial charge in [0.05, 0.1) is 29.0 Å². The highest BCUT2D eigenvalue weighted by Gasteiger charge is 2.31. The summed E-state index contributed by atoms with van der Waals surface area (Å²) in [4.78, 5) is 27.2. The second-order valence-corrected chi connectivity index (χ2v) is 10.2. The van der Waals surface area contributed by atoms with Gasteiger partial charge in [0.25, 0.3) is 5.91 Å². The topological polar surface area (TPSA) is 93.7 Å². The Morgan fingerprint density at radius 2 is 1.79 bits per heavy atom. The van der Waals surface area contributed by atoms with Crippen molar-refractivity contribution in [1.82, 2.24) is 10.6 Å². The minimum Gasteiger partial charge on any atom is -0.390 e. The van der Waals surface area contributed by atoms with Gasteiger partial charge in [-0.1, -0.05) is 48.5 Å². The van der Waals surface area contributed by atoms with Crippen molar-refractivity contribution < 1.29 is 32.3 Å². The van der Waals surface area contributed by atoms with Gasteiger partial charge in [-0.15, -0.1) is 0 Å². The number of nitrogens with zero attached hydrogens (tertiary/aromatic N) is 1. The van der Waals surface area contributed by atoms with Crippen LogP contribution in [-0.4, -0.2) is 48.7 Å². The van der Waals surface area contributed by atoms with Crippen molar-refractivity contribution >= 4 is 23.2 Å². The number of aliphatic hydroxyl groups excluding tert-OH is 1. The average Bonchev–Trinajstić information content (AvgIpc) is 3.39. The molecule has 0 unspecified atom stereocenters. The van der Waals surface area contributed by atoms with Crippen LogP contribution >= 0.6 is 0 Å². The summed E-state index contributed by atoms with van der Waals surface area (Å²) in [7, 11) is 0. The number of carbonyl (C=O) groups excluding carboxylic acids is 2. The standard InChI is InChI=1S/C31H34F4N4O3/c1-2-37-23-16-24(29(32)26(17-23)39-13-7-12-28(39)41)30(42)38-25(15-20-8-4-3-5-9-20)27(40)19-36-18-21-10-6-11-22(14-21)31(33,34)35/h3-6,8-11,14,16-17,25,27,36-37,40H,2,7,12-13,15,18-19H2,1H3,(H,38,42)/t25-,27-/m0/s1. The van der Waals surface area contributed by atoms with Gasteiger partial charge < -0.3 is 26.0 Å². The molecule has 2 amide bonds. The van der Waals surface area contributed by atoms with Gasteiger partial charge in [0, 0.05) is 38.3 Å². The van der Waals surface area contributed by atoms with E-state index < -0.39 is 35.6 Å². The van der Waals surface area contributed by atoms with Crippen LogP contribution in [0.2, 0.25) is 0 Å². The van der Waals surface area contributed by atoms with Gasteiger partial charge in [0.2, 0.25) is 5.91 Å². The van der Waals surface area contributed by atoms with Crippen LogP contribution in [0.15, 0.2) is 66.7 Å². The molecule has 3 aromatic carbocycles. The molecule has 2 atom stereocenters. The van der Waals surface area contributed by atoms with E-state index in [0.29, 0.717) is 37.2 Å². The maximum Gasteiger partial charge on any atom is 0.416 e. The Morgan fingerprint density at radius 1 is 1.05 bits per heavy atom. The highest BCUT2D eigenvalue weighted by Crippen LogP contribution is 2.31. The van der Waals surface area contributed by atoms with Crippen LogP contribution in [0, 0.1) is 5.82 Å². The number of carbonyl (C=O) groups is 2. The van der Waals surface area contributed by atoms with Crippen molar-refractivity contribution in [3.05, 3.63) is 94.8 Å². The third kappa shape index (κ3) is 7.86. The first-order chi connectivity index (χ1) is 20.1. The molecule has 1 saturated heterocycles. The van der Waals surface area contributed by atoms with E-state index in [2.05, 4.69) is 16.0 Å². The lowest BCUT2D eigenvalue weighted by atomic mass is 10.00. The maximum absolute atomic E-state index is 15.7. The number of nitrogens with one attached hydrogen (secondary N) is 3. The monoisotopic (exact) mass is 586 g/mol. The zero-order valence-electron chi connectivity index (χ0n) is 23.2. The molecule has 0 saturated carbocycles. The van der Waals surface area contributed by atoms with Crippen molar-refractivity contribution in [3.8, 4) is 0 Å². The van der Waals surface area contributed by atoms with Gasteiger partial charge in [-0.25, -0.2) is 4.39 Å². The lowest BCUT2D eigenvalue weighted by Gasteiger charge is -2.26. The molecule has 0 radical (unpaired) electrons. The molecule has 11 heteroatoms. The minimum atomic E-state index is -4.47. The van der Waals surface area contributed by atoms with E-state index in [1.54, 1.807) is 6.07 Å². The molecule has 42 heavy (non-hydrogen) atoms. The van der Waals surface area contributed by atoms with E-state index in [4.69, 9.17) is 0 Å². The number of alkyl halides is 3. The molecule has 4 rings (SSSR count). The number of amides is 2. The summed E-state index contributed by atoms with van der Waals surface area (Å²) in [6.45, 7) is 2.70. The predicted molar refractivity (Wildman–Crippen MR) is 153 cm³/mol. The Balaban J connectivity index is 1.53. The highest BCUT2D eigenvalue weighted by atomic mass is 19.4. The van der Waals surface area contributed by atoms with Crippen molar-refractivity contribution in [2.24, 2.45) is 0 Å². The van der Waals surface area contributed by atoms with Crippen LogP contribution in [-0.2, 0) is 23.9 Å². The molecule has 1 aliphatic heterocycles. The number of rotatable bonds is 12. The molecular formula is C31H34F4N4O3. The Labute approximate surface area is 241 Å². The van der Waals surface area contributed by atoms with Gasteiger partial charge in [0.1, 0.15) is 0 Å². The van der Waals surface area contributed by atoms with Crippen LogP contribution in [0.1, 0.15) is 46.8 Å². The molecule has 1 fully saturated rings. The van der Waals surface area contributed by atoms with Crippen molar-refractivity contribution in [3.63, 3.8) is 0 Å². The summed E-state index contributed by atoms with van der Waals surface area (Å²) < 4.78 is 54.9. The summed E-state index contributed by atoms with van der Waals surface area (Å²) in [5.41, 5.74) is 0.640. The van der Waals surface area contributed by atoms with Gasteiger partial charge in [-0.2, -0.15) is 13.2 Å². The van der Waals surface area contributed by atoms with E-state index in [1.165, 1.54) is 23.1 Å². The van der Waals surface area contributed by atoms with Crippen LogP contribution in [0.3, 0.4) is 0 Å². The largest absolute Gasteiger partial charge is 0.416 e. The molecule has 4 N–H and O–H groups in total. The maximum atomic E-state index is 15.7. The summed E-state index contributed by atoms with van der Waals surface area (Å²) in [5, 5.41) is 19.8. The Bertz CT molecular complexity index is 1380. The van der Waals surface area contributed by atoms with Crippen LogP contribution < -0.4 is 20.9 Å². The fraction of sp³-hybridized carbons (Fsp3) is 0.355. The zero-order chi connectivity index (χ0) is 30.3. The molecule has 1 heterocycles.